The number of hydroxylamine groups is 2. The monoisotopic (exact) mass is 168 g/mol. The topological polar surface area (TPSA) is 32.8 Å². The van der Waals surface area contributed by atoms with Crippen molar-refractivity contribution in [3.05, 3.63) is 12.3 Å². The van der Waals surface area contributed by atoms with Crippen LogP contribution in [-0.2, 0) is 4.84 Å². The summed E-state index contributed by atoms with van der Waals surface area (Å²) in [6.07, 6.45) is 5.69. The molecule has 1 fully saturated rings. The number of amides is 1. The Labute approximate surface area is 71.3 Å². The molecule has 2 aliphatic heterocycles. The molecular formula is C8H12N2O2. The van der Waals surface area contributed by atoms with Crippen LogP contribution in [0, 0.1) is 0 Å². The van der Waals surface area contributed by atoms with E-state index in [9.17, 15) is 4.79 Å². The molecule has 0 unspecified atom stereocenters. The van der Waals surface area contributed by atoms with Crippen LogP contribution >= 0.6 is 0 Å². The van der Waals surface area contributed by atoms with Gasteiger partial charge in [-0.1, -0.05) is 0 Å². The van der Waals surface area contributed by atoms with Gasteiger partial charge in [-0.05, 0) is 18.9 Å². The van der Waals surface area contributed by atoms with Crippen molar-refractivity contribution in [3.63, 3.8) is 0 Å². The van der Waals surface area contributed by atoms with Gasteiger partial charge in [0.15, 0.2) is 0 Å². The molecule has 0 radical (unpaired) electrons. The van der Waals surface area contributed by atoms with Crippen molar-refractivity contribution in [2.24, 2.45) is 0 Å². The number of hydrogen-bond donors (Lipinski definition) is 0. The molecule has 0 aromatic rings. The van der Waals surface area contributed by atoms with Crippen LogP contribution in [0.15, 0.2) is 12.3 Å². The predicted octanol–water partition coefficient (Wildman–Crippen LogP) is 0.963. The molecule has 66 valence electrons. The van der Waals surface area contributed by atoms with E-state index in [-0.39, 0.29) is 6.09 Å². The molecule has 2 heterocycles. The molecule has 0 bridgehead atoms. The highest BCUT2D eigenvalue weighted by Crippen LogP contribution is 2.11. The van der Waals surface area contributed by atoms with Crippen molar-refractivity contribution in [2.45, 2.75) is 12.8 Å². The zero-order valence-corrected chi connectivity index (χ0v) is 6.90. The van der Waals surface area contributed by atoms with Gasteiger partial charge in [0.25, 0.3) is 0 Å². The van der Waals surface area contributed by atoms with Gasteiger partial charge in [-0.15, -0.1) is 0 Å². The van der Waals surface area contributed by atoms with Crippen molar-refractivity contribution in [2.75, 3.05) is 19.6 Å². The maximum Gasteiger partial charge on any atom is 0.434 e. The Hall–Kier alpha value is -1.19. The molecule has 0 aromatic carbocycles. The fraction of sp³-hybridized carbons (Fsp3) is 0.625. The third-order valence-electron chi connectivity index (χ3n) is 2.12. The Bertz CT molecular complexity index is 209. The first kappa shape index (κ1) is 7.46. The van der Waals surface area contributed by atoms with Crippen LogP contribution < -0.4 is 0 Å². The molecule has 2 rings (SSSR count). The highest BCUT2D eigenvalue weighted by molar-refractivity contribution is 5.67. The molecule has 0 atom stereocenters. The molecule has 1 amide bonds. The highest BCUT2D eigenvalue weighted by atomic mass is 16.7. The van der Waals surface area contributed by atoms with Crippen LogP contribution in [0.5, 0.6) is 0 Å². The van der Waals surface area contributed by atoms with E-state index in [1.807, 2.05) is 6.08 Å². The molecule has 0 saturated carbocycles. The van der Waals surface area contributed by atoms with E-state index in [0.29, 0.717) is 0 Å². The fourth-order valence-electron chi connectivity index (χ4n) is 1.32. The zero-order valence-electron chi connectivity index (χ0n) is 6.90. The van der Waals surface area contributed by atoms with Crippen molar-refractivity contribution in [1.29, 1.82) is 0 Å². The Morgan fingerprint density at radius 3 is 2.50 bits per heavy atom. The van der Waals surface area contributed by atoms with Gasteiger partial charge in [0.1, 0.15) is 0 Å². The van der Waals surface area contributed by atoms with Crippen LogP contribution in [0.3, 0.4) is 0 Å². The quantitative estimate of drug-likeness (QED) is 0.584. The van der Waals surface area contributed by atoms with Crippen molar-refractivity contribution in [3.8, 4) is 0 Å². The third-order valence-corrected chi connectivity index (χ3v) is 2.12. The molecule has 4 heteroatoms. The Kier molecular flexibility index (Phi) is 1.89. The normalized spacial score (nSPS) is 21.0. The number of hydrogen-bond acceptors (Lipinski definition) is 3. The van der Waals surface area contributed by atoms with E-state index in [0.717, 1.165) is 32.5 Å². The van der Waals surface area contributed by atoms with E-state index in [4.69, 9.17) is 4.84 Å². The minimum absolute atomic E-state index is 0.211. The lowest BCUT2D eigenvalue weighted by Crippen LogP contribution is -2.36. The molecule has 0 spiro atoms. The first-order valence-corrected chi connectivity index (χ1v) is 4.26. The fourth-order valence-corrected chi connectivity index (χ4v) is 1.32. The molecule has 4 nitrogen and oxygen atoms in total. The van der Waals surface area contributed by atoms with E-state index < -0.39 is 0 Å². The molecule has 1 saturated heterocycles. The van der Waals surface area contributed by atoms with E-state index in [1.54, 1.807) is 16.2 Å². The first-order valence-electron chi connectivity index (χ1n) is 4.26. The van der Waals surface area contributed by atoms with Crippen LogP contribution in [0.2, 0.25) is 0 Å². The van der Waals surface area contributed by atoms with Crippen LogP contribution in [0.4, 0.5) is 4.79 Å². The van der Waals surface area contributed by atoms with Gasteiger partial charge < -0.3 is 9.74 Å². The second-order valence-electron chi connectivity index (χ2n) is 3.04. The number of carbonyl (C=O) groups is 1. The summed E-state index contributed by atoms with van der Waals surface area (Å²) in [6.45, 7) is 2.41. The van der Waals surface area contributed by atoms with Crippen LogP contribution in [0.1, 0.15) is 12.8 Å². The summed E-state index contributed by atoms with van der Waals surface area (Å²) in [5.74, 6) is 0. The van der Waals surface area contributed by atoms with Gasteiger partial charge >= 0.3 is 6.09 Å². The molecule has 2 aliphatic rings. The summed E-state index contributed by atoms with van der Waals surface area (Å²) in [6, 6.07) is 0. The largest absolute Gasteiger partial charge is 0.434 e. The summed E-state index contributed by atoms with van der Waals surface area (Å²) in [4.78, 5) is 18.0. The van der Waals surface area contributed by atoms with Crippen molar-refractivity contribution in [1.82, 2.24) is 9.96 Å². The summed E-state index contributed by atoms with van der Waals surface area (Å²) in [7, 11) is 0. The van der Waals surface area contributed by atoms with E-state index in [2.05, 4.69) is 0 Å². The second-order valence-corrected chi connectivity index (χ2v) is 3.04. The number of likely N-dealkylation sites (tertiary alicyclic amines) is 1. The van der Waals surface area contributed by atoms with Crippen molar-refractivity contribution >= 4 is 6.09 Å². The molecule has 12 heavy (non-hydrogen) atoms. The van der Waals surface area contributed by atoms with Gasteiger partial charge in [0.2, 0.25) is 0 Å². The molecule has 0 aliphatic carbocycles. The van der Waals surface area contributed by atoms with Gasteiger partial charge in [0, 0.05) is 19.3 Å². The average molecular weight is 168 g/mol. The number of nitrogens with zero attached hydrogens (tertiary/aromatic N) is 2. The standard InChI is InChI=1S/C8H12N2O2/c11-8(9-4-1-2-5-9)12-10-6-3-7-10/h3,6H,1-2,4-5,7H2. The van der Waals surface area contributed by atoms with Gasteiger partial charge in [-0.3, -0.25) is 0 Å². The summed E-state index contributed by atoms with van der Waals surface area (Å²) >= 11 is 0. The lowest BCUT2D eigenvalue weighted by molar-refractivity contribution is -0.0762. The summed E-state index contributed by atoms with van der Waals surface area (Å²) < 4.78 is 0. The van der Waals surface area contributed by atoms with Crippen molar-refractivity contribution < 1.29 is 9.63 Å². The summed E-state index contributed by atoms with van der Waals surface area (Å²) in [5.41, 5.74) is 0. The molecule has 0 N–H and O–H groups in total. The minimum atomic E-state index is -0.211. The zero-order chi connectivity index (χ0) is 8.39. The SMILES string of the molecule is O=C(ON1C=CC1)N1CCCC1. The molecule has 0 aromatic heterocycles. The Balaban J connectivity index is 1.79. The lowest BCUT2D eigenvalue weighted by atomic mass is 10.4. The van der Waals surface area contributed by atoms with Crippen LogP contribution in [-0.4, -0.2) is 35.7 Å². The van der Waals surface area contributed by atoms with E-state index in [1.165, 1.54) is 0 Å². The maximum atomic E-state index is 11.3. The van der Waals surface area contributed by atoms with Crippen LogP contribution in [0.25, 0.3) is 0 Å². The highest BCUT2D eigenvalue weighted by Gasteiger charge is 2.21. The van der Waals surface area contributed by atoms with Gasteiger partial charge in [-0.2, -0.15) is 0 Å². The second kappa shape index (κ2) is 3.05. The Morgan fingerprint density at radius 1 is 1.33 bits per heavy atom. The van der Waals surface area contributed by atoms with Gasteiger partial charge in [0.05, 0.1) is 6.54 Å². The third kappa shape index (κ3) is 1.37. The minimum Gasteiger partial charge on any atom is -0.322 e. The lowest BCUT2D eigenvalue weighted by Gasteiger charge is -2.25. The summed E-state index contributed by atoms with van der Waals surface area (Å²) in [5, 5.41) is 1.54. The number of carbonyl (C=O) groups excluding carboxylic acids is 1. The first-order chi connectivity index (χ1) is 5.86. The predicted molar refractivity (Wildman–Crippen MR) is 43.1 cm³/mol. The van der Waals surface area contributed by atoms with E-state index >= 15 is 0 Å². The van der Waals surface area contributed by atoms with Gasteiger partial charge in [-0.25, -0.2) is 9.86 Å². The Morgan fingerprint density at radius 2 is 2.00 bits per heavy atom. The maximum absolute atomic E-state index is 11.3. The molecular weight excluding hydrogens is 156 g/mol. The number of rotatable bonds is 1. The smallest absolute Gasteiger partial charge is 0.322 e. The average Bonchev–Trinajstić information content (AvgIpc) is 2.47.